The van der Waals surface area contributed by atoms with Gasteiger partial charge >= 0.3 is 0 Å². The molecule has 0 aliphatic carbocycles. The van der Waals surface area contributed by atoms with Crippen molar-refractivity contribution in [2.75, 3.05) is 51.6 Å². The lowest BCUT2D eigenvalue weighted by Gasteiger charge is -2.34. The number of aliphatic imine (C=N–C) groups is 1. The molecule has 0 aromatic heterocycles. The number of aliphatic hydroxyl groups excluding tert-OH is 1. The van der Waals surface area contributed by atoms with Crippen LogP contribution in [-0.2, 0) is 0 Å². The highest BCUT2D eigenvalue weighted by atomic mass is 33.1. The molecule has 0 amide bonds. The van der Waals surface area contributed by atoms with E-state index in [4.69, 9.17) is 5.11 Å². The lowest BCUT2D eigenvalue weighted by molar-refractivity contribution is 0.117. The fourth-order valence-corrected chi connectivity index (χ4v) is 3.76. The van der Waals surface area contributed by atoms with Crippen LogP contribution in [0.25, 0.3) is 0 Å². The molecule has 108 valence electrons. The number of rotatable bonds is 9. The lowest BCUT2D eigenvalue weighted by atomic mass is 10.3. The number of nitrogens with zero attached hydrogens (tertiary/aromatic N) is 3. The molecule has 0 aromatic rings. The zero-order chi connectivity index (χ0) is 13.9. The van der Waals surface area contributed by atoms with Crippen molar-refractivity contribution in [1.29, 1.82) is 0 Å². The van der Waals surface area contributed by atoms with Gasteiger partial charge in [0.05, 0.1) is 6.61 Å². The summed E-state index contributed by atoms with van der Waals surface area (Å²) in [7, 11) is 3.45. The van der Waals surface area contributed by atoms with Crippen molar-refractivity contribution in [1.82, 2.24) is 9.80 Å². The van der Waals surface area contributed by atoms with E-state index in [1.54, 1.807) is 27.7 Å². The fraction of sp³-hybridized carbons (Fsp3) is 0.615. The quantitative estimate of drug-likeness (QED) is 0.304. The van der Waals surface area contributed by atoms with Gasteiger partial charge < -0.3 is 5.11 Å². The Morgan fingerprint density at radius 3 is 2.37 bits per heavy atom. The van der Waals surface area contributed by atoms with Crippen LogP contribution in [0.2, 0.25) is 0 Å². The maximum absolute atomic E-state index is 8.89. The predicted molar refractivity (Wildman–Crippen MR) is 87.8 cm³/mol. The molecular formula is C13H23N3OS2. The Hall–Kier alpha value is -0.270. The maximum atomic E-state index is 8.89. The molecule has 0 bridgehead atoms. The molecule has 0 saturated carbocycles. The average Bonchev–Trinajstić information content (AvgIpc) is 2.44. The molecule has 19 heavy (non-hydrogen) atoms. The van der Waals surface area contributed by atoms with Crippen LogP contribution in [0.3, 0.4) is 0 Å². The molecule has 0 spiro atoms. The summed E-state index contributed by atoms with van der Waals surface area (Å²) in [6, 6.07) is 0. The lowest BCUT2D eigenvalue weighted by Crippen LogP contribution is -2.47. The normalized spacial score (nSPS) is 18.5. The Balaban J connectivity index is 2.09. The van der Waals surface area contributed by atoms with Gasteiger partial charge in [0.2, 0.25) is 0 Å². The zero-order valence-corrected chi connectivity index (χ0v) is 13.0. The van der Waals surface area contributed by atoms with Crippen LogP contribution in [0, 0.1) is 0 Å². The molecular weight excluding hydrogens is 278 g/mol. The van der Waals surface area contributed by atoms with Crippen LogP contribution in [0.5, 0.6) is 0 Å². The van der Waals surface area contributed by atoms with Crippen LogP contribution in [0.1, 0.15) is 0 Å². The van der Waals surface area contributed by atoms with Crippen molar-refractivity contribution in [2.45, 2.75) is 0 Å². The van der Waals surface area contributed by atoms with Crippen LogP contribution in [0.15, 0.2) is 28.8 Å². The van der Waals surface area contributed by atoms with Gasteiger partial charge in [-0.3, -0.25) is 14.8 Å². The van der Waals surface area contributed by atoms with Crippen LogP contribution in [0.4, 0.5) is 0 Å². The van der Waals surface area contributed by atoms with E-state index >= 15 is 0 Å². The van der Waals surface area contributed by atoms with Crippen molar-refractivity contribution in [3.8, 4) is 0 Å². The smallest absolute Gasteiger partial charge is 0.106 e. The minimum Gasteiger partial charge on any atom is -0.395 e. The van der Waals surface area contributed by atoms with Gasteiger partial charge in [0.1, 0.15) is 5.03 Å². The van der Waals surface area contributed by atoms with Crippen molar-refractivity contribution in [2.24, 2.45) is 4.99 Å². The summed E-state index contributed by atoms with van der Waals surface area (Å²) in [6.45, 7) is 13.7. The van der Waals surface area contributed by atoms with Crippen LogP contribution in [-0.4, -0.2) is 73.3 Å². The Morgan fingerprint density at radius 1 is 1.21 bits per heavy atom. The number of hydrogen-bond acceptors (Lipinski definition) is 6. The first-order valence-corrected chi connectivity index (χ1v) is 8.76. The van der Waals surface area contributed by atoms with E-state index in [1.807, 2.05) is 6.08 Å². The summed E-state index contributed by atoms with van der Waals surface area (Å²) < 4.78 is 0. The van der Waals surface area contributed by atoms with Crippen molar-refractivity contribution in [3.63, 3.8) is 0 Å². The second-order valence-electron chi connectivity index (χ2n) is 4.21. The number of β-amino-alcohol motifs (C(OH)–C–C–N with tert-alkyl or cyclic N) is 1. The molecule has 0 radical (unpaired) electrons. The fourth-order valence-electron chi connectivity index (χ4n) is 1.85. The molecule has 1 aliphatic heterocycles. The summed E-state index contributed by atoms with van der Waals surface area (Å²) in [6.07, 6.45) is 3.61. The number of aliphatic hydroxyl groups is 1. The molecule has 0 unspecified atom stereocenters. The Kier molecular flexibility index (Phi) is 9.28. The topological polar surface area (TPSA) is 39.1 Å². The van der Waals surface area contributed by atoms with Crippen molar-refractivity contribution >= 4 is 28.3 Å². The second-order valence-corrected chi connectivity index (χ2v) is 6.65. The van der Waals surface area contributed by atoms with Gasteiger partial charge in [-0.1, -0.05) is 23.4 Å². The van der Waals surface area contributed by atoms with Gasteiger partial charge in [-0.05, 0) is 23.6 Å². The molecule has 0 aromatic carbocycles. The maximum Gasteiger partial charge on any atom is 0.106 e. The molecule has 6 heteroatoms. The van der Waals surface area contributed by atoms with Gasteiger partial charge in [-0.15, -0.1) is 0 Å². The van der Waals surface area contributed by atoms with E-state index in [2.05, 4.69) is 28.1 Å². The van der Waals surface area contributed by atoms with E-state index < -0.39 is 0 Å². The Morgan fingerprint density at radius 2 is 1.84 bits per heavy atom. The van der Waals surface area contributed by atoms with Crippen LogP contribution >= 0.6 is 21.6 Å². The second kappa shape index (κ2) is 10.5. The largest absolute Gasteiger partial charge is 0.395 e. The van der Waals surface area contributed by atoms with Gasteiger partial charge in [0.25, 0.3) is 0 Å². The molecule has 1 saturated heterocycles. The molecule has 1 aliphatic rings. The average molecular weight is 301 g/mol. The first-order chi connectivity index (χ1) is 9.30. The number of piperazine rings is 1. The predicted octanol–water partition coefficient (Wildman–Crippen LogP) is 1.71. The summed E-state index contributed by atoms with van der Waals surface area (Å²) >= 11 is 0. The Labute approximate surface area is 124 Å². The van der Waals surface area contributed by atoms with E-state index in [1.165, 1.54) is 0 Å². The van der Waals surface area contributed by atoms with Crippen LogP contribution < -0.4 is 0 Å². The third-order valence-corrected chi connectivity index (χ3v) is 5.20. The summed E-state index contributed by atoms with van der Waals surface area (Å²) in [5, 5.41) is 9.80. The standard InChI is InChI=1S/C13H23N3OS2/c1-3-4-13(14-2)19-18-12-10-16-7-5-15(6-8-16)9-11-17/h3-4,17H,1-2,5-12H2/b13-4+. The summed E-state index contributed by atoms with van der Waals surface area (Å²) in [5.74, 6) is 1.08. The van der Waals surface area contributed by atoms with Gasteiger partial charge in [0, 0.05) is 45.0 Å². The van der Waals surface area contributed by atoms with Crippen molar-refractivity contribution < 1.29 is 5.11 Å². The van der Waals surface area contributed by atoms with E-state index in [0.29, 0.717) is 0 Å². The molecule has 1 fully saturated rings. The first kappa shape index (κ1) is 16.8. The van der Waals surface area contributed by atoms with Gasteiger partial charge in [-0.25, -0.2) is 0 Å². The third-order valence-electron chi connectivity index (χ3n) is 2.93. The van der Waals surface area contributed by atoms with E-state index in [-0.39, 0.29) is 6.61 Å². The number of hydrogen-bond donors (Lipinski definition) is 1. The van der Waals surface area contributed by atoms with E-state index in [0.717, 1.165) is 50.1 Å². The summed E-state index contributed by atoms with van der Waals surface area (Å²) in [4.78, 5) is 8.71. The highest BCUT2D eigenvalue weighted by molar-refractivity contribution is 8.78. The monoisotopic (exact) mass is 301 g/mol. The Bertz CT molecular complexity index is 302. The van der Waals surface area contributed by atoms with Crippen molar-refractivity contribution in [3.05, 3.63) is 23.8 Å². The first-order valence-electron chi connectivity index (χ1n) is 6.44. The highest BCUT2D eigenvalue weighted by Crippen LogP contribution is 2.30. The van der Waals surface area contributed by atoms with E-state index in [9.17, 15) is 0 Å². The molecule has 1 heterocycles. The SMILES string of the molecule is C=C/C=C(\N=C)SSCCN1CCN(CCO)CC1. The summed E-state index contributed by atoms with van der Waals surface area (Å²) in [5.41, 5.74) is 0. The molecule has 4 nitrogen and oxygen atoms in total. The zero-order valence-electron chi connectivity index (χ0n) is 11.3. The highest BCUT2D eigenvalue weighted by Gasteiger charge is 2.15. The number of allylic oxidation sites excluding steroid dienone is 2. The minimum atomic E-state index is 0.263. The third kappa shape index (κ3) is 7.17. The molecule has 0 atom stereocenters. The van der Waals surface area contributed by atoms with Gasteiger partial charge in [0.15, 0.2) is 0 Å². The molecule has 1 rings (SSSR count). The molecule has 1 N–H and O–H groups in total. The minimum absolute atomic E-state index is 0.263. The van der Waals surface area contributed by atoms with Gasteiger partial charge in [-0.2, -0.15) is 0 Å².